The molecule has 0 unspecified atom stereocenters. The second-order valence-corrected chi connectivity index (χ2v) is 6.28. The highest BCUT2D eigenvalue weighted by molar-refractivity contribution is 5.92. The summed E-state index contributed by atoms with van der Waals surface area (Å²) >= 11 is 0. The number of anilines is 1. The van der Waals surface area contributed by atoms with Gasteiger partial charge in [-0.3, -0.25) is 9.59 Å². The van der Waals surface area contributed by atoms with Gasteiger partial charge in [-0.25, -0.2) is 0 Å². The molecule has 0 heterocycles. The molecule has 0 aliphatic heterocycles. The fourth-order valence-electron chi connectivity index (χ4n) is 2.53. The number of hydrogen-bond donors (Lipinski definition) is 1. The Balaban J connectivity index is 1.41. The van der Waals surface area contributed by atoms with Crippen LogP contribution in [0.1, 0.15) is 12.0 Å². The van der Waals surface area contributed by atoms with Crippen molar-refractivity contribution in [3.63, 3.8) is 0 Å². The van der Waals surface area contributed by atoms with Crippen LogP contribution in [0, 0.1) is 0 Å². The Kier molecular flexibility index (Phi) is 7.23. The van der Waals surface area contributed by atoms with Crippen LogP contribution in [0.15, 0.2) is 95.2 Å². The summed E-state index contributed by atoms with van der Waals surface area (Å²) in [6.45, 7) is -0.316. The summed E-state index contributed by atoms with van der Waals surface area (Å²) in [6.07, 6.45) is 0.818. The van der Waals surface area contributed by atoms with Crippen molar-refractivity contribution in [2.45, 2.75) is 12.8 Å². The minimum Gasteiger partial charge on any atom is -0.456 e. The van der Waals surface area contributed by atoms with Gasteiger partial charge >= 0.3 is 5.97 Å². The molecule has 1 N–H and O–H groups in total. The first-order valence-electron chi connectivity index (χ1n) is 9.25. The summed E-state index contributed by atoms with van der Waals surface area (Å²) in [4.78, 5) is 23.7. The zero-order valence-electron chi connectivity index (χ0n) is 15.8. The molecule has 6 heteroatoms. The fraction of sp³-hybridized carbons (Fsp3) is 0.130. The molecule has 29 heavy (non-hydrogen) atoms. The van der Waals surface area contributed by atoms with E-state index in [1.807, 2.05) is 60.7 Å². The average molecular weight is 387 g/mol. The first kappa shape index (κ1) is 19.9. The maximum absolute atomic E-state index is 12.0. The van der Waals surface area contributed by atoms with Crippen molar-refractivity contribution in [3.05, 3.63) is 90.5 Å². The molecule has 3 aromatic rings. The normalized spacial score (nSPS) is 10.6. The quantitative estimate of drug-likeness (QED) is 0.425. The minimum absolute atomic E-state index is 0.235. The molecular formula is C23H21N3O3. The lowest BCUT2D eigenvalue weighted by Crippen LogP contribution is -2.21. The van der Waals surface area contributed by atoms with E-state index in [1.54, 1.807) is 24.3 Å². The number of carbonyl (C=O) groups excluding carboxylic acids is 2. The predicted octanol–water partition coefficient (Wildman–Crippen LogP) is 5.22. The number of azo groups is 1. The zero-order chi connectivity index (χ0) is 20.3. The maximum Gasteiger partial charge on any atom is 0.306 e. The van der Waals surface area contributed by atoms with Crippen molar-refractivity contribution in [2.24, 2.45) is 10.2 Å². The van der Waals surface area contributed by atoms with Crippen LogP contribution in [0.3, 0.4) is 0 Å². The van der Waals surface area contributed by atoms with Gasteiger partial charge in [0.2, 0.25) is 0 Å². The summed E-state index contributed by atoms with van der Waals surface area (Å²) < 4.78 is 5.02. The highest BCUT2D eigenvalue weighted by atomic mass is 16.5. The molecule has 0 aliphatic carbocycles. The first-order valence-corrected chi connectivity index (χ1v) is 9.25. The minimum atomic E-state index is -0.402. The van der Waals surface area contributed by atoms with Gasteiger partial charge in [0.05, 0.1) is 11.4 Å². The lowest BCUT2D eigenvalue weighted by Gasteiger charge is -2.07. The smallest absolute Gasteiger partial charge is 0.306 e. The topological polar surface area (TPSA) is 80.1 Å². The van der Waals surface area contributed by atoms with Gasteiger partial charge in [-0.05, 0) is 48.4 Å². The largest absolute Gasteiger partial charge is 0.456 e. The third-order valence-corrected chi connectivity index (χ3v) is 4.01. The Morgan fingerprint density at radius 1 is 0.759 bits per heavy atom. The number of aryl methyl sites for hydroxylation is 1. The standard InChI is InChI=1S/C23H21N3O3/c27-22(17-29-23(28)16-11-18-7-3-1-4-8-18)24-19-12-14-21(15-13-19)26-25-20-9-5-2-6-10-20/h1-10,12-15H,11,16-17H2,(H,24,27). The van der Waals surface area contributed by atoms with E-state index in [-0.39, 0.29) is 13.0 Å². The van der Waals surface area contributed by atoms with E-state index in [9.17, 15) is 9.59 Å². The number of rotatable bonds is 8. The Labute approximate surface area is 169 Å². The second kappa shape index (κ2) is 10.5. The fourth-order valence-corrected chi connectivity index (χ4v) is 2.53. The van der Waals surface area contributed by atoms with Gasteiger partial charge in [-0.15, -0.1) is 0 Å². The molecule has 3 rings (SSSR count). The molecule has 0 saturated heterocycles. The highest BCUT2D eigenvalue weighted by Gasteiger charge is 2.08. The molecule has 0 atom stereocenters. The van der Waals surface area contributed by atoms with E-state index >= 15 is 0 Å². The van der Waals surface area contributed by atoms with Gasteiger partial charge in [-0.1, -0.05) is 48.5 Å². The van der Waals surface area contributed by atoms with Gasteiger partial charge < -0.3 is 10.1 Å². The molecule has 0 radical (unpaired) electrons. The third kappa shape index (κ3) is 7.03. The van der Waals surface area contributed by atoms with Crippen molar-refractivity contribution in [2.75, 3.05) is 11.9 Å². The SMILES string of the molecule is O=C(COC(=O)CCc1ccccc1)Nc1ccc(N=Nc2ccccc2)cc1. The van der Waals surface area contributed by atoms with Crippen LogP contribution in [0.4, 0.5) is 17.1 Å². The van der Waals surface area contributed by atoms with Crippen molar-refractivity contribution in [1.82, 2.24) is 0 Å². The number of hydrogen-bond acceptors (Lipinski definition) is 5. The Morgan fingerprint density at radius 3 is 2.00 bits per heavy atom. The number of amides is 1. The number of nitrogens with one attached hydrogen (secondary N) is 1. The second-order valence-electron chi connectivity index (χ2n) is 6.28. The first-order chi connectivity index (χ1) is 14.2. The van der Waals surface area contributed by atoms with Crippen molar-refractivity contribution < 1.29 is 14.3 Å². The molecular weight excluding hydrogens is 366 g/mol. The molecule has 0 fully saturated rings. The Bertz CT molecular complexity index is 956. The van der Waals surface area contributed by atoms with E-state index < -0.39 is 11.9 Å². The van der Waals surface area contributed by atoms with E-state index in [1.165, 1.54) is 0 Å². The third-order valence-electron chi connectivity index (χ3n) is 4.01. The molecule has 6 nitrogen and oxygen atoms in total. The molecule has 0 saturated carbocycles. The predicted molar refractivity (Wildman–Crippen MR) is 111 cm³/mol. The lowest BCUT2D eigenvalue weighted by molar-refractivity contribution is -0.147. The van der Waals surface area contributed by atoms with E-state index in [2.05, 4.69) is 15.5 Å². The van der Waals surface area contributed by atoms with Crippen LogP contribution >= 0.6 is 0 Å². The molecule has 1 amide bonds. The Hall–Kier alpha value is -3.80. The molecule has 146 valence electrons. The summed E-state index contributed by atoms with van der Waals surface area (Å²) in [7, 11) is 0. The summed E-state index contributed by atoms with van der Waals surface area (Å²) in [5.74, 6) is -0.794. The van der Waals surface area contributed by atoms with Gasteiger partial charge in [0.15, 0.2) is 6.61 Å². The number of carbonyl (C=O) groups is 2. The zero-order valence-corrected chi connectivity index (χ0v) is 15.8. The summed E-state index contributed by atoms with van der Waals surface area (Å²) in [5, 5.41) is 11.0. The molecule has 0 spiro atoms. The van der Waals surface area contributed by atoms with Crippen LogP contribution < -0.4 is 5.32 Å². The van der Waals surface area contributed by atoms with Crippen LogP contribution in [0.5, 0.6) is 0 Å². The van der Waals surface area contributed by atoms with Gasteiger partial charge in [0.25, 0.3) is 5.91 Å². The van der Waals surface area contributed by atoms with Crippen molar-refractivity contribution in [3.8, 4) is 0 Å². The van der Waals surface area contributed by atoms with Crippen LogP contribution in [0.2, 0.25) is 0 Å². The van der Waals surface area contributed by atoms with E-state index in [0.717, 1.165) is 11.3 Å². The van der Waals surface area contributed by atoms with Gasteiger partial charge in [0, 0.05) is 12.1 Å². The summed E-state index contributed by atoms with van der Waals surface area (Å²) in [5.41, 5.74) is 3.07. The maximum atomic E-state index is 12.0. The Morgan fingerprint density at radius 2 is 1.34 bits per heavy atom. The van der Waals surface area contributed by atoms with Crippen LogP contribution in [-0.2, 0) is 20.7 Å². The van der Waals surface area contributed by atoms with Crippen molar-refractivity contribution >= 4 is 28.9 Å². The van der Waals surface area contributed by atoms with Crippen molar-refractivity contribution in [1.29, 1.82) is 0 Å². The molecule has 0 aliphatic rings. The number of ether oxygens (including phenoxy) is 1. The number of esters is 1. The van der Waals surface area contributed by atoms with E-state index in [4.69, 9.17) is 4.74 Å². The molecule has 0 aromatic heterocycles. The molecule has 0 bridgehead atoms. The molecule has 3 aromatic carbocycles. The highest BCUT2D eigenvalue weighted by Crippen LogP contribution is 2.20. The van der Waals surface area contributed by atoms with Crippen LogP contribution in [0.25, 0.3) is 0 Å². The van der Waals surface area contributed by atoms with Gasteiger partial charge in [-0.2, -0.15) is 10.2 Å². The van der Waals surface area contributed by atoms with E-state index in [0.29, 0.717) is 17.8 Å². The van der Waals surface area contributed by atoms with Gasteiger partial charge in [0.1, 0.15) is 0 Å². The monoisotopic (exact) mass is 387 g/mol. The summed E-state index contributed by atoms with van der Waals surface area (Å²) in [6, 6.07) is 26.0. The lowest BCUT2D eigenvalue weighted by atomic mass is 10.1. The van der Waals surface area contributed by atoms with Crippen LogP contribution in [-0.4, -0.2) is 18.5 Å². The average Bonchev–Trinajstić information content (AvgIpc) is 2.77. The number of benzene rings is 3. The number of nitrogens with zero attached hydrogens (tertiary/aromatic N) is 2.